The highest BCUT2D eigenvalue weighted by Gasteiger charge is 2.35. The summed E-state index contributed by atoms with van der Waals surface area (Å²) in [6.45, 7) is 6.33. The van der Waals surface area contributed by atoms with Crippen molar-refractivity contribution in [3.05, 3.63) is 0 Å². The van der Waals surface area contributed by atoms with Gasteiger partial charge in [0.15, 0.2) is 0 Å². The van der Waals surface area contributed by atoms with Crippen LogP contribution in [-0.2, 0) is 4.79 Å². The SMILES string of the molecule is CCN1C(=O)CN(C(C)C)C1=O. The van der Waals surface area contributed by atoms with Crippen LogP contribution in [0.25, 0.3) is 0 Å². The second-order valence-electron chi connectivity index (χ2n) is 3.14. The molecular weight excluding hydrogens is 156 g/mol. The fourth-order valence-electron chi connectivity index (χ4n) is 1.28. The molecule has 0 atom stereocenters. The normalized spacial score (nSPS) is 18.3. The highest BCUT2D eigenvalue weighted by molar-refractivity contribution is 6.02. The zero-order valence-electron chi connectivity index (χ0n) is 7.70. The third-order valence-electron chi connectivity index (χ3n) is 2.02. The molecule has 0 radical (unpaired) electrons. The summed E-state index contributed by atoms with van der Waals surface area (Å²) in [5.74, 6) is -0.0869. The topological polar surface area (TPSA) is 40.6 Å². The summed E-state index contributed by atoms with van der Waals surface area (Å²) < 4.78 is 0. The Kier molecular flexibility index (Phi) is 2.35. The lowest BCUT2D eigenvalue weighted by molar-refractivity contribution is -0.125. The van der Waals surface area contributed by atoms with Crippen LogP contribution in [0.3, 0.4) is 0 Å². The van der Waals surface area contributed by atoms with Crippen LogP contribution in [0.2, 0.25) is 0 Å². The maximum atomic E-state index is 11.4. The van der Waals surface area contributed by atoms with Crippen molar-refractivity contribution in [3.63, 3.8) is 0 Å². The summed E-state index contributed by atoms with van der Waals surface area (Å²) in [5, 5.41) is 0. The predicted octanol–water partition coefficient (Wildman–Crippen LogP) is 0.679. The quantitative estimate of drug-likeness (QED) is 0.572. The molecule has 4 heteroatoms. The van der Waals surface area contributed by atoms with Crippen molar-refractivity contribution >= 4 is 11.9 Å². The Balaban J connectivity index is 2.75. The molecule has 1 fully saturated rings. The molecule has 1 saturated heterocycles. The van der Waals surface area contributed by atoms with Crippen LogP contribution in [0.1, 0.15) is 20.8 Å². The van der Waals surface area contributed by atoms with E-state index in [0.717, 1.165) is 0 Å². The summed E-state index contributed by atoms with van der Waals surface area (Å²) >= 11 is 0. The summed E-state index contributed by atoms with van der Waals surface area (Å²) in [6.07, 6.45) is 0. The van der Waals surface area contributed by atoms with E-state index in [4.69, 9.17) is 0 Å². The van der Waals surface area contributed by atoms with Crippen LogP contribution in [0.5, 0.6) is 0 Å². The van der Waals surface area contributed by atoms with Gasteiger partial charge in [-0.05, 0) is 20.8 Å². The van der Waals surface area contributed by atoms with Crippen molar-refractivity contribution in [2.24, 2.45) is 0 Å². The first-order valence-corrected chi connectivity index (χ1v) is 4.19. The van der Waals surface area contributed by atoms with Gasteiger partial charge in [-0.25, -0.2) is 4.79 Å². The summed E-state index contributed by atoms with van der Waals surface area (Å²) in [7, 11) is 0. The number of rotatable bonds is 2. The lowest BCUT2D eigenvalue weighted by Gasteiger charge is -2.19. The summed E-state index contributed by atoms with van der Waals surface area (Å²) in [6, 6.07) is -0.0458. The van der Waals surface area contributed by atoms with Gasteiger partial charge >= 0.3 is 6.03 Å². The van der Waals surface area contributed by atoms with Gasteiger partial charge in [-0.15, -0.1) is 0 Å². The van der Waals surface area contributed by atoms with Gasteiger partial charge in [0.05, 0.1) is 0 Å². The molecule has 3 amide bonds. The first kappa shape index (κ1) is 9.03. The molecule has 1 rings (SSSR count). The van der Waals surface area contributed by atoms with E-state index in [1.165, 1.54) is 4.90 Å². The van der Waals surface area contributed by atoms with E-state index in [1.807, 2.05) is 13.8 Å². The Morgan fingerprint density at radius 3 is 2.25 bits per heavy atom. The summed E-state index contributed by atoms with van der Waals surface area (Å²) in [4.78, 5) is 25.5. The van der Waals surface area contributed by atoms with E-state index in [9.17, 15) is 9.59 Å². The molecule has 0 spiro atoms. The standard InChI is InChI=1S/C8H14N2O2/c1-4-9-7(11)5-10(6(2)3)8(9)12/h6H,4-5H2,1-3H3. The van der Waals surface area contributed by atoms with Crippen LogP contribution in [0.4, 0.5) is 4.79 Å². The van der Waals surface area contributed by atoms with Crippen LogP contribution in [-0.4, -0.2) is 40.9 Å². The number of amides is 3. The highest BCUT2D eigenvalue weighted by Crippen LogP contribution is 2.12. The molecule has 0 aromatic heterocycles. The van der Waals surface area contributed by atoms with E-state index in [2.05, 4.69) is 0 Å². The van der Waals surface area contributed by atoms with Crippen molar-refractivity contribution in [1.82, 2.24) is 9.80 Å². The van der Waals surface area contributed by atoms with E-state index < -0.39 is 0 Å². The maximum absolute atomic E-state index is 11.4. The van der Waals surface area contributed by atoms with Crippen LogP contribution < -0.4 is 0 Å². The molecule has 0 aromatic carbocycles. The lowest BCUT2D eigenvalue weighted by atomic mass is 10.3. The molecule has 4 nitrogen and oxygen atoms in total. The molecule has 1 aliphatic rings. The van der Waals surface area contributed by atoms with Crippen molar-refractivity contribution in [2.75, 3.05) is 13.1 Å². The molecule has 0 bridgehead atoms. The van der Waals surface area contributed by atoms with Crippen LogP contribution >= 0.6 is 0 Å². The number of imide groups is 1. The Hall–Kier alpha value is -1.06. The molecule has 1 heterocycles. The monoisotopic (exact) mass is 170 g/mol. The maximum Gasteiger partial charge on any atom is 0.327 e. The summed E-state index contributed by atoms with van der Waals surface area (Å²) in [5.41, 5.74) is 0. The second-order valence-corrected chi connectivity index (χ2v) is 3.14. The average Bonchev–Trinajstić information content (AvgIpc) is 2.27. The van der Waals surface area contributed by atoms with E-state index in [1.54, 1.807) is 11.8 Å². The van der Waals surface area contributed by atoms with Gasteiger partial charge in [-0.2, -0.15) is 0 Å². The fraction of sp³-hybridized carbons (Fsp3) is 0.750. The molecule has 12 heavy (non-hydrogen) atoms. The number of carbonyl (C=O) groups excluding carboxylic acids is 2. The molecule has 1 aliphatic heterocycles. The van der Waals surface area contributed by atoms with Gasteiger partial charge in [0.2, 0.25) is 5.91 Å². The third-order valence-corrected chi connectivity index (χ3v) is 2.02. The van der Waals surface area contributed by atoms with Crippen molar-refractivity contribution < 1.29 is 9.59 Å². The number of urea groups is 1. The Bertz CT molecular complexity index is 213. The molecule has 68 valence electrons. The minimum atomic E-state index is -0.155. The average molecular weight is 170 g/mol. The van der Waals surface area contributed by atoms with Gasteiger partial charge < -0.3 is 4.90 Å². The minimum absolute atomic E-state index is 0.0869. The van der Waals surface area contributed by atoms with Gasteiger partial charge in [0.1, 0.15) is 6.54 Å². The minimum Gasteiger partial charge on any atom is -0.313 e. The van der Waals surface area contributed by atoms with Gasteiger partial charge in [0.25, 0.3) is 0 Å². The Morgan fingerprint density at radius 2 is 2.00 bits per heavy atom. The molecular formula is C8H14N2O2. The largest absolute Gasteiger partial charge is 0.327 e. The van der Waals surface area contributed by atoms with E-state index >= 15 is 0 Å². The lowest BCUT2D eigenvalue weighted by Crippen LogP contribution is -2.36. The predicted molar refractivity (Wildman–Crippen MR) is 44.6 cm³/mol. The molecule has 0 N–H and O–H groups in total. The van der Waals surface area contributed by atoms with Crippen molar-refractivity contribution in [3.8, 4) is 0 Å². The van der Waals surface area contributed by atoms with Crippen LogP contribution in [0.15, 0.2) is 0 Å². The first-order chi connectivity index (χ1) is 5.57. The zero-order chi connectivity index (χ0) is 9.30. The highest BCUT2D eigenvalue weighted by atomic mass is 16.2. The van der Waals surface area contributed by atoms with Gasteiger partial charge in [-0.3, -0.25) is 9.69 Å². The number of hydrogen-bond acceptors (Lipinski definition) is 2. The molecule has 0 aliphatic carbocycles. The third kappa shape index (κ3) is 1.29. The molecule has 0 saturated carbocycles. The van der Waals surface area contributed by atoms with E-state index in [-0.39, 0.29) is 24.5 Å². The van der Waals surface area contributed by atoms with Gasteiger partial charge in [0, 0.05) is 12.6 Å². The first-order valence-electron chi connectivity index (χ1n) is 4.19. The van der Waals surface area contributed by atoms with Crippen LogP contribution in [0, 0.1) is 0 Å². The number of carbonyl (C=O) groups is 2. The van der Waals surface area contributed by atoms with Gasteiger partial charge in [-0.1, -0.05) is 0 Å². The smallest absolute Gasteiger partial charge is 0.313 e. The van der Waals surface area contributed by atoms with Crippen molar-refractivity contribution in [2.45, 2.75) is 26.8 Å². The zero-order valence-corrected chi connectivity index (χ0v) is 7.70. The number of nitrogens with zero attached hydrogens (tertiary/aromatic N) is 2. The number of hydrogen-bond donors (Lipinski definition) is 0. The van der Waals surface area contributed by atoms with Crippen molar-refractivity contribution in [1.29, 1.82) is 0 Å². The molecule has 0 unspecified atom stereocenters. The Labute approximate surface area is 72.1 Å². The molecule has 0 aromatic rings. The second kappa shape index (κ2) is 3.13. The Morgan fingerprint density at radius 1 is 1.42 bits per heavy atom. The van der Waals surface area contributed by atoms with E-state index in [0.29, 0.717) is 6.54 Å². The fourth-order valence-corrected chi connectivity index (χ4v) is 1.28. The number of likely N-dealkylation sites (N-methyl/N-ethyl adjacent to an activating group) is 1.